The Kier molecular flexibility index (Phi) is 5.80. The monoisotopic (exact) mass is 335 g/mol. The van der Waals surface area contributed by atoms with E-state index in [1.807, 2.05) is 41.2 Å². The highest BCUT2D eigenvalue weighted by molar-refractivity contribution is 9.09. The number of amides is 1. The van der Waals surface area contributed by atoms with Crippen molar-refractivity contribution < 1.29 is 4.79 Å². The Morgan fingerprint density at radius 1 is 1.25 bits per heavy atom. The predicted molar refractivity (Wildman–Crippen MR) is 83.1 cm³/mol. The first-order chi connectivity index (χ1) is 9.81. The van der Waals surface area contributed by atoms with E-state index in [9.17, 15) is 4.79 Å². The van der Waals surface area contributed by atoms with Crippen molar-refractivity contribution in [1.82, 2.24) is 15.1 Å². The van der Waals surface area contributed by atoms with Gasteiger partial charge in [0.1, 0.15) is 0 Å². The number of aromatic nitrogens is 2. The lowest BCUT2D eigenvalue weighted by Gasteiger charge is -2.10. The molecule has 4 nitrogen and oxygen atoms in total. The van der Waals surface area contributed by atoms with Gasteiger partial charge in [-0.1, -0.05) is 34.1 Å². The maximum Gasteiger partial charge on any atom is 0.220 e. The fraction of sp³-hybridized carbons (Fsp3) is 0.333. The molecular weight excluding hydrogens is 318 g/mol. The molecule has 0 saturated heterocycles. The standard InChI is InChI=1S/C15H18BrN3O/c16-9-4-3-8-15(20)17-12-13-6-1-2-7-14(13)19-11-5-10-18-19/h1-2,5-7,10-11H,3-4,8-9,12H2,(H,17,20). The molecule has 0 bridgehead atoms. The van der Waals surface area contributed by atoms with Gasteiger partial charge in [0.15, 0.2) is 0 Å². The second-order valence-electron chi connectivity index (χ2n) is 4.50. The SMILES string of the molecule is O=C(CCCCBr)NCc1ccccc1-n1cccn1. The highest BCUT2D eigenvalue weighted by Gasteiger charge is 2.06. The van der Waals surface area contributed by atoms with Gasteiger partial charge >= 0.3 is 0 Å². The lowest BCUT2D eigenvalue weighted by atomic mass is 10.1. The molecule has 2 aromatic rings. The number of alkyl halides is 1. The maximum atomic E-state index is 11.7. The van der Waals surface area contributed by atoms with E-state index in [2.05, 4.69) is 26.3 Å². The van der Waals surface area contributed by atoms with Crippen LogP contribution in [0.4, 0.5) is 0 Å². The first kappa shape index (κ1) is 14.8. The molecule has 1 aromatic heterocycles. The molecule has 1 heterocycles. The lowest BCUT2D eigenvalue weighted by molar-refractivity contribution is -0.121. The molecule has 1 N–H and O–H groups in total. The fourth-order valence-electron chi connectivity index (χ4n) is 1.96. The summed E-state index contributed by atoms with van der Waals surface area (Å²) in [5.41, 5.74) is 2.06. The molecule has 106 valence electrons. The van der Waals surface area contributed by atoms with Crippen molar-refractivity contribution in [3.8, 4) is 5.69 Å². The summed E-state index contributed by atoms with van der Waals surface area (Å²) in [6, 6.07) is 9.84. The van der Waals surface area contributed by atoms with Crippen LogP contribution in [0.1, 0.15) is 24.8 Å². The van der Waals surface area contributed by atoms with Crippen LogP contribution >= 0.6 is 15.9 Å². The molecule has 1 amide bonds. The van der Waals surface area contributed by atoms with E-state index in [1.54, 1.807) is 6.20 Å². The van der Waals surface area contributed by atoms with E-state index >= 15 is 0 Å². The number of halogens is 1. The first-order valence-electron chi connectivity index (χ1n) is 6.72. The van der Waals surface area contributed by atoms with Crippen LogP contribution in [0.2, 0.25) is 0 Å². The van der Waals surface area contributed by atoms with Gasteiger partial charge in [-0.15, -0.1) is 0 Å². The number of rotatable bonds is 7. The van der Waals surface area contributed by atoms with Gasteiger partial charge in [0, 0.05) is 30.7 Å². The van der Waals surface area contributed by atoms with Gasteiger partial charge in [-0.2, -0.15) is 5.10 Å². The minimum Gasteiger partial charge on any atom is -0.352 e. The van der Waals surface area contributed by atoms with Crippen molar-refractivity contribution in [3.63, 3.8) is 0 Å². The molecule has 2 rings (SSSR count). The maximum absolute atomic E-state index is 11.7. The largest absolute Gasteiger partial charge is 0.352 e. The predicted octanol–water partition coefficient (Wildman–Crippen LogP) is 3.05. The van der Waals surface area contributed by atoms with Crippen molar-refractivity contribution in [2.24, 2.45) is 0 Å². The van der Waals surface area contributed by atoms with Gasteiger partial charge in [-0.3, -0.25) is 4.79 Å². The van der Waals surface area contributed by atoms with Crippen LogP contribution in [-0.2, 0) is 11.3 Å². The summed E-state index contributed by atoms with van der Waals surface area (Å²) in [4.78, 5) is 11.7. The number of unbranched alkanes of at least 4 members (excludes halogenated alkanes) is 1. The molecule has 0 aliphatic carbocycles. The summed E-state index contributed by atoms with van der Waals surface area (Å²) in [6.07, 6.45) is 6.16. The number of hydrogen-bond acceptors (Lipinski definition) is 2. The highest BCUT2D eigenvalue weighted by atomic mass is 79.9. The Morgan fingerprint density at radius 2 is 2.10 bits per heavy atom. The van der Waals surface area contributed by atoms with Gasteiger partial charge < -0.3 is 5.32 Å². The second kappa shape index (κ2) is 7.85. The van der Waals surface area contributed by atoms with E-state index in [0.717, 1.165) is 29.4 Å². The van der Waals surface area contributed by atoms with Gasteiger partial charge in [-0.05, 0) is 30.5 Å². The van der Waals surface area contributed by atoms with Gasteiger partial charge in [-0.25, -0.2) is 4.68 Å². The van der Waals surface area contributed by atoms with Crippen molar-refractivity contribution in [2.75, 3.05) is 5.33 Å². The smallest absolute Gasteiger partial charge is 0.220 e. The number of nitrogens with one attached hydrogen (secondary N) is 1. The van der Waals surface area contributed by atoms with Crippen LogP contribution in [0.5, 0.6) is 0 Å². The van der Waals surface area contributed by atoms with Crippen LogP contribution in [0, 0.1) is 0 Å². The molecule has 0 saturated carbocycles. The Labute approximate surface area is 127 Å². The van der Waals surface area contributed by atoms with E-state index in [-0.39, 0.29) is 5.91 Å². The second-order valence-corrected chi connectivity index (χ2v) is 5.30. The number of carbonyl (C=O) groups is 1. The summed E-state index contributed by atoms with van der Waals surface area (Å²) in [7, 11) is 0. The Hall–Kier alpha value is -1.62. The molecule has 0 fully saturated rings. The van der Waals surface area contributed by atoms with E-state index in [0.29, 0.717) is 13.0 Å². The molecule has 0 atom stereocenters. The lowest BCUT2D eigenvalue weighted by Crippen LogP contribution is -2.23. The third-order valence-electron chi connectivity index (χ3n) is 3.01. The molecule has 0 radical (unpaired) electrons. The van der Waals surface area contributed by atoms with Crippen LogP contribution < -0.4 is 5.32 Å². The third kappa shape index (κ3) is 4.20. The number of para-hydroxylation sites is 1. The number of nitrogens with zero attached hydrogens (tertiary/aromatic N) is 2. The van der Waals surface area contributed by atoms with E-state index in [1.165, 1.54) is 0 Å². The van der Waals surface area contributed by atoms with Gasteiger partial charge in [0.25, 0.3) is 0 Å². The van der Waals surface area contributed by atoms with Crippen molar-refractivity contribution in [2.45, 2.75) is 25.8 Å². The van der Waals surface area contributed by atoms with Gasteiger partial charge in [0.05, 0.1) is 5.69 Å². The topological polar surface area (TPSA) is 46.9 Å². The van der Waals surface area contributed by atoms with Crippen molar-refractivity contribution in [3.05, 3.63) is 48.3 Å². The Morgan fingerprint density at radius 3 is 2.85 bits per heavy atom. The zero-order chi connectivity index (χ0) is 14.2. The molecule has 20 heavy (non-hydrogen) atoms. The fourth-order valence-corrected chi connectivity index (χ4v) is 2.35. The summed E-state index contributed by atoms with van der Waals surface area (Å²) in [6.45, 7) is 0.531. The summed E-state index contributed by atoms with van der Waals surface area (Å²) in [5.74, 6) is 0.0984. The molecule has 1 aromatic carbocycles. The molecule has 0 aliphatic heterocycles. The first-order valence-corrected chi connectivity index (χ1v) is 7.84. The van der Waals surface area contributed by atoms with Crippen molar-refractivity contribution in [1.29, 1.82) is 0 Å². The van der Waals surface area contributed by atoms with Crippen molar-refractivity contribution >= 4 is 21.8 Å². The number of hydrogen-bond donors (Lipinski definition) is 1. The number of carbonyl (C=O) groups excluding carboxylic acids is 1. The molecule has 0 spiro atoms. The summed E-state index contributed by atoms with van der Waals surface area (Å²) >= 11 is 3.37. The average Bonchev–Trinajstić information content (AvgIpc) is 3.00. The molecule has 5 heteroatoms. The average molecular weight is 336 g/mol. The normalized spacial score (nSPS) is 10.4. The zero-order valence-corrected chi connectivity index (χ0v) is 12.8. The summed E-state index contributed by atoms with van der Waals surface area (Å²) < 4.78 is 1.81. The molecular formula is C15H18BrN3O. The quantitative estimate of drug-likeness (QED) is 0.624. The van der Waals surface area contributed by atoms with Crippen LogP contribution in [-0.4, -0.2) is 21.0 Å². The highest BCUT2D eigenvalue weighted by Crippen LogP contribution is 2.13. The summed E-state index contributed by atoms with van der Waals surface area (Å²) in [5, 5.41) is 8.15. The minimum absolute atomic E-state index is 0.0984. The molecule has 0 aliphatic rings. The Bertz CT molecular complexity index is 540. The van der Waals surface area contributed by atoms with Crippen LogP contribution in [0.3, 0.4) is 0 Å². The van der Waals surface area contributed by atoms with Gasteiger partial charge in [0.2, 0.25) is 5.91 Å². The third-order valence-corrected chi connectivity index (χ3v) is 3.57. The van der Waals surface area contributed by atoms with Crippen LogP contribution in [0.15, 0.2) is 42.7 Å². The van der Waals surface area contributed by atoms with Crippen LogP contribution in [0.25, 0.3) is 5.69 Å². The minimum atomic E-state index is 0.0984. The Balaban J connectivity index is 1.95. The van der Waals surface area contributed by atoms with E-state index in [4.69, 9.17) is 0 Å². The zero-order valence-electron chi connectivity index (χ0n) is 11.3. The number of benzene rings is 1. The molecule has 0 unspecified atom stereocenters. The van der Waals surface area contributed by atoms with E-state index < -0.39 is 0 Å².